The van der Waals surface area contributed by atoms with Gasteiger partial charge in [0.25, 0.3) is 0 Å². The van der Waals surface area contributed by atoms with E-state index in [0.29, 0.717) is 18.8 Å². The first-order valence-electron chi connectivity index (χ1n) is 10.2. The molecule has 0 unspecified atom stereocenters. The molecule has 30 heavy (non-hydrogen) atoms. The molecule has 162 valence electrons. The zero-order valence-corrected chi connectivity index (χ0v) is 18.4. The topological polar surface area (TPSA) is 87.7 Å². The molecule has 1 heterocycles. The van der Waals surface area contributed by atoms with Gasteiger partial charge >= 0.3 is 0 Å². The summed E-state index contributed by atoms with van der Waals surface area (Å²) in [4.78, 5) is 12.4. The lowest BCUT2D eigenvalue weighted by molar-refractivity contribution is -0.114. The normalized spacial score (nSPS) is 20.0. The van der Waals surface area contributed by atoms with E-state index >= 15 is 0 Å². The molecule has 2 aromatic carbocycles. The lowest BCUT2D eigenvalue weighted by Gasteiger charge is -2.34. The van der Waals surface area contributed by atoms with Crippen LogP contribution >= 0.6 is 0 Å². The molecule has 1 fully saturated rings. The van der Waals surface area contributed by atoms with E-state index in [1.807, 2.05) is 38.1 Å². The van der Waals surface area contributed by atoms with Gasteiger partial charge in [-0.15, -0.1) is 0 Å². The number of anilines is 2. The number of rotatable bonds is 7. The zero-order valence-electron chi connectivity index (χ0n) is 17.6. The zero-order chi connectivity index (χ0) is 21.7. The van der Waals surface area contributed by atoms with Crippen LogP contribution in [-0.2, 0) is 26.0 Å². The largest absolute Gasteiger partial charge is 0.376 e. The number of ether oxygens (including phenoxy) is 1. The Morgan fingerprint density at radius 2 is 1.57 bits per heavy atom. The lowest BCUT2D eigenvalue weighted by atomic mass is 10.1. The second kappa shape index (κ2) is 9.59. The number of aryl methyl sites for hydroxylation is 1. The Labute approximate surface area is 178 Å². The SMILES string of the molecule is CCc1ccc(NCC(=O)Nc2ccc(S(=O)(=O)N3C[C@@H](C)O[C@H](C)C3)cc2)cc1. The van der Waals surface area contributed by atoms with Crippen LogP contribution in [0.15, 0.2) is 53.4 Å². The van der Waals surface area contributed by atoms with Crippen LogP contribution in [-0.4, -0.2) is 50.5 Å². The van der Waals surface area contributed by atoms with Crippen molar-refractivity contribution in [3.63, 3.8) is 0 Å². The van der Waals surface area contributed by atoms with Crippen LogP contribution in [0.4, 0.5) is 11.4 Å². The molecule has 2 atom stereocenters. The Bertz CT molecular complexity index is 949. The van der Waals surface area contributed by atoms with Gasteiger partial charge in [-0.1, -0.05) is 19.1 Å². The van der Waals surface area contributed by atoms with Gasteiger partial charge in [0.1, 0.15) is 0 Å². The van der Waals surface area contributed by atoms with E-state index in [9.17, 15) is 13.2 Å². The summed E-state index contributed by atoms with van der Waals surface area (Å²) in [5.41, 5.74) is 2.66. The van der Waals surface area contributed by atoms with Gasteiger partial charge in [0, 0.05) is 24.5 Å². The highest BCUT2D eigenvalue weighted by atomic mass is 32.2. The van der Waals surface area contributed by atoms with E-state index in [-0.39, 0.29) is 29.6 Å². The highest BCUT2D eigenvalue weighted by Crippen LogP contribution is 2.22. The molecule has 3 rings (SSSR count). The van der Waals surface area contributed by atoms with Gasteiger partial charge in [-0.25, -0.2) is 8.42 Å². The average molecular weight is 432 g/mol. The predicted molar refractivity (Wildman–Crippen MR) is 118 cm³/mol. The quantitative estimate of drug-likeness (QED) is 0.703. The maximum absolute atomic E-state index is 12.9. The molecule has 0 bridgehead atoms. The van der Waals surface area contributed by atoms with Crippen molar-refractivity contribution < 1.29 is 17.9 Å². The number of carbonyl (C=O) groups is 1. The summed E-state index contributed by atoms with van der Waals surface area (Å²) in [5.74, 6) is -0.207. The molecular formula is C22H29N3O4S. The Balaban J connectivity index is 1.57. The molecule has 2 N–H and O–H groups in total. The van der Waals surface area contributed by atoms with Crippen LogP contribution in [0.25, 0.3) is 0 Å². The fourth-order valence-corrected chi connectivity index (χ4v) is 5.02. The van der Waals surface area contributed by atoms with Crippen LogP contribution in [0.5, 0.6) is 0 Å². The molecule has 0 spiro atoms. The summed E-state index contributed by atoms with van der Waals surface area (Å²) in [7, 11) is -3.60. The highest BCUT2D eigenvalue weighted by Gasteiger charge is 2.32. The van der Waals surface area contributed by atoms with Gasteiger partial charge in [0.15, 0.2) is 0 Å². The first kappa shape index (κ1) is 22.3. The van der Waals surface area contributed by atoms with E-state index < -0.39 is 10.0 Å². The Hall–Kier alpha value is -2.42. The standard InChI is InChI=1S/C22H29N3O4S/c1-4-18-5-7-19(8-6-18)23-13-22(26)24-20-9-11-21(12-10-20)30(27,28)25-14-16(2)29-17(3)15-25/h5-12,16-17,23H,4,13-15H2,1-3H3,(H,24,26)/t16-,17-/m1/s1. The van der Waals surface area contributed by atoms with Crippen LogP contribution in [0.1, 0.15) is 26.3 Å². The first-order chi connectivity index (χ1) is 14.3. The average Bonchev–Trinajstić information content (AvgIpc) is 2.72. The first-order valence-corrected chi connectivity index (χ1v) is 11.6. The summed E-state index contributed by atoms with van der Waals surface area (Å²) in [5, 5.41) is 5.85. The number of morpholine rings is 1. The van der Waals surface area contributed by atoms with Gasteiger partial charge in [0.05, 0.1) is 23.6 Å². The van der Waals surface area contributed by atoms with Crippen LogP contribution in [0, 0.1) is 0 Å². The number of nitrogens with zero attached hydrogens (tertiary/aromatic N) is 1. The Kier molecular flexibility index (Phi) is 7.12. The van der Waals surface area contributed by atoms with Gasteiger partial charge in [0.2, 0.25) is 15.9 Å². The Morgan fingerprint density at radius 3 is 2.13 bits per heavy atom. The summed E-state index contributed by atoms with van der Waals surface area (Å²) >= 11 is 0. The molecule has 0 saturated carbocycles. The molecule has 2 aromatic rings. The van der Waals surface area contributed by atoms with Gasteiger partial charge in [-0.3, -0.25) is 4.79 Å². The molecule has 0 aromatic heterocycles. The highest BCUT2D eigenvalue weighted by molar-refractivity contribution is 7.89. The van der Waals surface area contributed by atoms with Crippen molar-refractivity contribution in [1.29, 1.82) is 0 Å². The fourth-order valence-electron chi connectivity index (χ4n) is 3.43. The number of amides is 1. The van der Waals surface area contributed by atoms with Gasteiger partial charge in [-0.2, -0.15) is 4.31 Å². The fraction of sp³-hybridized carbons (Fsp3) is 0.409. The maximum Gasteiger partial charge on any atom is 0.243 e. The molecule has 1 aliphatic rings. The van der Waals surface area contributed by atoms with Crippen LogP contribution in [0.2, 0.25) is 0 Å². The van der Waals surface area contributed by atoms with Crippen molar-refractivity contribution in [3.8, 4) is 0 Å². The molecule has 1 aliphatic heterocycles. The molecular weight excluding hydrogens is 402 g/mol. The van der Waals surface area contributed by atoms with Crippen LogP contribution < -0.4 is 10.6 Å². The van der Waals surface area contributed by atoms with E-state index in [4.69, 9.17) is 4.74 Å². The van der Waals surface area contributed by atoms with Gasteiger partial charge in [-0.05, 0) is 62.2 Å². The minimum absolute atomic E-state index is 0.120. The summed E-state index contributed by atoms with van der Waals surface area (Å²) in [6, 6.07) is 14.2. The number of sulfonamides is 1. The second-order valence-electron chi connectivity index (χ2n) is 7.56. The van der Waals surface area contributed by atoms with Crippen molar-refractivity contribution in [2.45, 2.75) is 44.3 Å². The lowest BCUT2D eigenvalue weighted by Crippen LogP contribution is -2.48. The number of hydrogen-bond donors (Lipinski definition) is 2. The third-order valence-electron chi connectivity index (χ3n) is 4.98. The van der Waals surface area contributed by atoms with Crippen molar-refractivity contribution >= 4 is 27.3 Å². The molecule has 8 heteroatoms. The Morgan fingerprint density at radius 1 is 1.00 bits per heavy atom. The molecule has 1 amide bonds. The van der Waals surface area contributed by atoms with E-state index in [1.54, 1.807) is 12.1 Å². The molecule has 0 radical (unpaired) electrons. The minimum Gasteiger partial charge on any atom is -0.376 e. The number of carbonyl (C=O) groups excluding carboxylic acids is 1. The molecule has 7 nitrogen and oxygen atoms in total. The smallest absolute Gasteiger partial charge is 0.243 e. The van der Waals surface area contributed by atoms with Crippen LogP contribution in [0.3, 0.4) is 0 Å². The number of nitrogens with one attached hydrogen (secondary N) is 2. The maximum atomic E-state index is 12.9. The van der Waals surface area contributed by atoms with Crippen molar-refractivity contribution in [1.82, 2.24) is 4.31 Å². The van der Waals surface area contributed by atoms with Crippen molar-refractivity contribution in [2.24, 2.45) is 0 Å². The number of hydrogen-bond acceptors (Lipinski definition) is 5. The minimum atomic E-state index is -3.60. The van der Waals surface area contributed by atoms with E-state index in [2.05, 4.69) is 17.6 Å². The molecule has 0 aliphatic carbocycles. The summed E-state index contributed by atoms with van der Waals surface area (Å²) < 4.78 is 32.8. The second-order valence-corrected chi connectivity index (χ2v) is 9.49. The van der Waals surface area contributed by atoms with E-state index in [1.165, 1.54) is 22.0 Å². The van der Waals surface area contributed by atoms with Gasteiger partial charge < -0.3 is 15.4 Å². The third-order valence-corrected chi connectivity index (χ3v) is 6.82. The molecule has 1 saturated heterocycles. The van der Waals surface area contributed by atoms with Crippen molar-refractivity contribution in [2.75, 3.05) is 30.3 Å². The summed E-state index contributed by atoms with van der Waals surface area (Å²) in [6.07, 6.45) is 0.677. The predicted octanol–water partition coefficient (Wildman–Crippen LogP) is 3.10. The third kappa shape index (κ3) is 5.59. The summed E-state index contributed by atoms with van der Waals surface area (Å²) in [6.45, 7) is 6.60. The number of benzene rings is 2. The van der Waals surface area contributed by atoms with E-state index in [0.717, 1.165) is 12.1 Å². The monoisotopic (exact) mass is 431 g/mol. The van der Waals surface area contributed by atoms with Crippen molar-refractivity contribution in [3.05, 3.63) is 54.1 Å².